The second-order valence-electron chi connectivity index (χ2n) is 0.993. The second-order valence-corrected chi connectivity index (χ2v) is 1.57. The molecule has 0 saturated carbocycles. The fourth-order valence-corrected chi connectivity index (χ4v) is 0.612. The standard InChI is InChI=1S/C3H7O.Al.2H/c1-2-3-4;;;/h2-3H2,1H3;;;/q-1;+1;;. The van der Waals surface area contributed by atoms with Crippen LogP contribution in [0.25, 0.3) is 0 Å². The Balaban J connectivity index is 2.19. The van der Waals surface area contributed by atoms with Gasteiger partial charge in [0.25, 0.3) is 0 Å². The molecular formula is C3H9AlO. The van der Waals surface area contributed by atoms with Crippen molar-refractivity contribution in [1.82, 2.24) is 0 Å². The van der Waals surface area contributed by atoms with E-state index in [1.807, 2.05) is 0 Å². The Morgan fingerprint density at radius 2 is 2.40 bits per heavy atom. The molecule has 0 aromatic rings. The normalized spacial score (nSPS) is 8.20. The summed E-state index contributed by atoms with van der Waals surface area (Å²) in [6.45, 7) is 3.06. The minimum Gasteiger partial charge on any atom is -0.506 e. The largest absolute Gasteiger partial charge is 0.506 e. The summed E-state index contributed by atoms with van der Waals surface area (Å²) in [5, 5.41) is 0. The van der Waals surface area contributed by atoms with Crippen LogP contribution in [0.15, 0.2) is 0 Å². The van der Waals surface area contributed by atoms with E-state index in [1.54, 1.807) is 0 Å². The highest BCUT2D eigenvalue weighted by molar-refractivity contribution is 5.97. The first kappa shape index (κ1) is 5.49. The van der Waals surface area contributed by atoms with Crippen LogP contribution in [0.2, 0.25) is 0 Å². The van der Waals surface area contributed by atoms with Gasteiger partial charge in [-0.05, 0) is 6.42 Å². The highest BCUT2D eigenvalue weighted by Gasteiger charge is 1.66. The van der Waals surface area contributed by atoms with Gasteiger partial charge in [0.05, 0.1) is 0 Å². The molecular weight excluding hydrogens is 79.0 g/mol. The average molecular weight is 88.1 g/mol. The van der Waals surface area contributed by atoms with Crippen molar-refractivity contribution in [1.29, 1.82) is 0 Å². The van der Waals surface area contributed by atoms with E-state index in [0.29, 0.717) is 0 Å². The van der Waals surface area contributed by atoms with Crippen molar-refractivity contribution in [3.05, 3.63) is 0 Å². The molecule has 0 bridgehead atoms. The van der Waals surface area contributed by atoms with E-state index in [1.165, 1.54) is 0 Å². The maximum atomic E-state index is 4.83. The highest BCUT2D eigenvalue weighted by Crippen LogP contribution is 1.69. The monoisotopic (exact) mass is 88.0 g/mol. The molecule has 0 rings (SSSR count). The van der Waals surface area contributed by atoms with Crippen molar-refractivity contribution in [2.75, 3.05) is 6.61 Å². The molecule has 0 radical (unpaired) electrons. The van der Waals surface area contributed by atoms with Gasteiger partial charge < -0.3 is 3.79 Å². The Bertz CT molecular complexity index is 14.4. The van der Waals surface area contributed by atoms with Crippen LogP contribution >= 0.6 is 0 Å². The second kappa shape index (κ2) is 4.49. The lowest BCUT2D eigenvalue weighted by atomic mass is 10.5. The molecule has 0 spiro atoms. The van der Waals surface area contributed by atoms with Crippen LogP contribution in [-0.2, 0) is 3.79 Å². The molecule has 2 heteroatoms. The molecule has 0 fully saturated rings. The third-order valence-electron chi connectivity index (χ3n) is 0.408. The first-order valence-electron chi connectivity index (χ1n) is 1.90. The van der Waals surface area contributed by atoms with Crippen LogP contribution in [0.5, 0.6) is 0 Å². The van der Waals surface area contributed by atoms with E-state index in [2.05, 4.69) is 6.92 Å². The molecule has 5 heavy (non-hydrogen) atoms. The summed E-state index contributed by atoms with van der Waals surface area (Å²) in [6.07, 6.45) is 1.16. The Morgan fingerprint density at radius 1 is 1.80 bits per heavy atom. The zero-order chi connectivity index (χ0) is 4.12. The maximum absolute atomic E-state index is 4.83. The van der Waals surface area contributed by atoms with Gasteiger partial charge in [0, 0.05) is 6.61 Å². The molecule has 0 N–H and O–H groups in total. The van der Waals surface area contributed by atoms with Crippen LogP contribution in [-0.4, -0.2) is 23.2 Å². The zero-order valence-electron chi connectivity index (χ0n) is 3.82. The molecule has 0 aromatic heterocycles. The lowest BCUT2D eigenvalue weighted by molar-refractivity contribution is 0.349. The molecule has 0 aliphatic heterocycles. The first-order chi connectivity index (χ1) is 2.41. The third kappa shape index (κ3) is 4.49. The summed E-state index contributed by atoms with van der Waals surface area (Å²) in [6, 6.07) is 0. The summed E-state index contributed by atoms with van der Waals surface area (Å²) in [4.78, 5) is 0. The molecule has 0 aliphatic carbocycles. The Hall–Kier alpha value is 0.492. The summed E-state index contributed by atoms with van der Waals surface area (Å²) >= 11 is 0.899. The number of rotatable bonds is 2. The Labute approximate surface area is 41.1 Å². The van der Waals surface area contributed by atoms with E-state index >= 15 is 0 Å². The van der Waals surface area contributed by atoms with Crippen molar-refractivity contribution in [2.45, 2.75) is 13.3 Å². The van der Waals surface area contributed by atoms with Crippen molar-refractivity contribution >= 4 is 16.6 Å². The van der Waals surface area contributed by atoms with Gasteiger partial charge in [-0.1, -0.05) is 6.92 Å². The lowest BCUT2D eigenvalue weighted by Gasteiger charge is -1.86. The third-order valence-corrected chi connectivity index (χ3v) is 0.816. The highest BCUT2D eigenvalue weighted by atomic mass is 27.1. The van der Waals surface area contributed by atoms with E-state index in [4.69, 9.17) is 3.79 Å². The Morgan fingerprint density at radius 3 is 2.40 bits per heavy atom. The quantitative estimate of drug-likeness (QED) is 0.430. The summed E-state index contributed by atoms with van der Waals surface area (Å²) in [7, 11) is 0. The fourth-order valence-electron chi connectivity index (χ4n) is 0.204. The summed E-state index contributed by atoms with van der Waals surface area (Å²) < 4.78 is 4.83. The van der Waals surface area contributed by atoms with Gasteiger partial charge in [0.2, 0.25) is 0 Å². The van der Waals surface area contributed by atoms with Crippen LogP contribution in [0.1, 0.15) is 13.3 Å². The number of hydrogen-bond acceptors (Lipinski definition) is 1. The molecule has 1 nitrogen and oxygen atoms in total. The first-order valence-corrected chi connectivity index (χ1v) is 2.72. The van der Waals surface area contributed by atoms with Crippen LogP contribution < -0.4 is 0 Å². The van der Waals surface area contributed by atoms with Gasteiger partial charge in [-0.3, -0.25) is 0 Å². The van der Waals surface area contributed by atoms with Crippen molar-refractivity contribution < 1.29 is 3.79 Å². The molecule has 0 aliphatic rings. The van der Waals surface area contributed by atoms with E-state index in [9.17, 15) is 0 Å². The zero-order valence-corrected chi connectivity index (χ0v) is 5.82. The smallest absolute Gasteiger partial charge is 0.410 e. The van der Waals surface area contributed by atoms with E-state index < -0.39 is 0 Å². The van der Waals surface area contributed by atoms with Crippen molar-refractivity contribution in [3.63, 3.8) is 0 Å². The minimum atomic E-state index is 0.899. The van der Waals surface area contributed by atoms with Gasteiger partial charge in [-0.15, -0.1) is 0 Å². The summed E-state index contributed by atoms with van der Waals surface area (Å²) in [5.74, 6) is 0. The lowest BCUT2D eigenvalue weighted by Crippen LogP contribution is -1.83. The van der Waals surface area contributed by atoms with Crippen LogP contribution in [0, 0.1) is 0 Å². The topological polar surface area (TPSA) is 9.23 Å². The SMILES string of the molecule is CCC[O][AlH2]. The van der Waals surface area contributed by atoms with Gasteiger partial charge in [-0.25, -0.2) is 0 Å². The fraction of sp³-hybridized carbons (Fsp3) is 1.00. The molecule has 0 aromatic carbocycles. The molecule has 0 heterocycles. The van der Waals surface area contributed by atoms with Gasteiger partial charge in [-0.2, -0.15) is 0 Å². The predicted molar refractivity (Wildman–Crippen MR) is 24.8 cm³/mol. The van der Waals surface area contributed by atoms with Crippen LogP contribution in [0.3, 0.4) is 0 Å². The molecule has 0 atom stereocenters. The number of hydrogen-bond donors (Lipinski definition) is 0. The van der Waals surface area contributed by atoms with Crippen LogP contribution in [0.4, 0.5) is 0 Å². The van der Waals surface area contributed by atoms with Gasteiger partial charge >= 0.3 is 16.6 Å². The van der Waals surface area contributed by atoms with E-state index in [-0.39, 0.29) is 0 Å². The van der Waals surface area contributed by atoms with Crippen molar-refractivity contribution in [2.24, 2.45) is 0 Å². The average Bonchev–Trinajstić information content (AvgIpc) is 1.41. The molecule has 0 saturated heterocycles. The molecule has 0 unspecified atom stereocenters. The molecule has 0 amide bonds. The minimum absolute atomic E-state index is 0.899. The predicted octanol–water partition coefficient (Wildman–Crippen LogP) is -0.0389. The van der Waals surface area contributed by atoms with Crippen molar-refractivity contribution in [3.8, 4) is 0 Å². The van der Waals surface area contributed by atoms with Gasteiger partial charge in [0.1, 0.15) is 0 Å². The summed E-state index contributed by atoms with van der Waals surface area (Å²) in [5.41, 5.74) is 0. The van der Waals surface area contributed by atoms with E-state index in [0.717, 1.165) is 29.7 Å². The Kier molecular flexibility index (Phi) is 4.93. The molecule has 30 valence electrons. The van der Waals surface area contributed by atoms with Gasteiger partial charge in [0.15, 0.2) is 0 Å². The maximum Gasteiger partial charge on any atom is 0.410 e.